The number of carbonyl (C=O) groups is 2. The summed E-state index contributed by atoms with van der Waals surface area (Å²) in [5, 5.41) is 30.4. The molecule has 0 radical (unpaired) electrons. The van der Waals surface area contributed by atoms with Crippen LogP contribution in [0, 0.1) is 0 Å². The van der Waals surface area contributed by atoms with Crippen LogP contribution in [0.2, 0.25) is 0 Å². The van der Waals surface area contributed by atoms with Gasteiger partial charge in [-0.1, -0.05) is 210 Å². The van der Waals surface area contributed by atoms with Crippen LogP contribution in [-0.4, -0.2) is 74.7 Å². The van der Waals surface area contributed by atoms with Crippen LogP contribution >= 0.6 is 7.82 Å². The number of hydrogen-bond donors (Lipinski definition) is 5. The Morgan fingerprint density at radius 1 is 0.508 bits per heavy atom. The molecule has 344 valence electrons. The fraction of sp³-hybridized carbons (Fsp3) is 0.787. The molecule has 0 aromatic heterocycles. The number of hydrogen-bond acceptors (Lipinski definition) is 9. The van der Waals surface area contributed by atoms with E-state index in [4.69, 9.17) is 19.3 Å². The summed E-state index contributed by atoms with van der Waals surface area (Å²) in [4.78, 5) is 43.0. The molecule has 59 heavy (non-hydrogen) atoms. The third-order valence-electron chi connectivity index (χ3n) is 10.2. The number of phosphoric ester groups is 1. The number of carbonyl (C=O) groups excluding carboxylic acids is 2. The van der Waals surface area contributed by atoms with E-state index in [2.05, 4.69) is 18.4 Å². The van der Waals surface area contributed by atoms with Crippen molar-refractivity contribution in [2.75, 3.05) is 13.2 Å². The lowest BCUT2D eigenvalue weighted by atomic mass is 10.0. The molecule has 0 saturated heterocycles. The molecule has 5 N–H and O–H groups in total. The van der Waals surface area contributed by atoms with E-state index >= 15 is 0 Å². The van der Waals surface area contributed by atoms with E-state index in [0.717, 1.165) is 44.9 Å². The Morgan fingerprint density at radius 3 is 1.42 bits per heavy atom. The second kappa shape index (κ2) is 41.3. The number of rotatable bonds is 42. The summed E-state index contributed by atoms with van der Waals surface area (Å²) in [6.07, 6.45) is 40.6. The van der Waals surface area contributed by atoms with Crippen molar-refractivity contribution >= 4 is 19.8 Å². The van der Waals surface area contributed by atoms with Crippen molar-refractivity contribution in [2.45, 2.75) is 224 Å². The Labute approximate surface area is 358 Å². The minimum atomic E-state index is -4.85. The lowest BCUT2D eigenvalue weighted by Crippen LogP contribution is -2.29. The average Bonchev–Trinajstić information content (AvgIpc) is 3.20. The highest BCUT2D eigenvalue weighted by Gasteiger charge is 2.23. The minimum Gasteiger partial charge on any atom is -0.462 e. The molecule has 0 aromatic carbocycles. The molecular formula is C47H85O11P. The SMILES string of the molecule is CCCCCCCCCCCCCCCCCCCCCCCC(=O)OC[C@H](COP(=O)(O)O)OC(=O)CCC[C@H](O)[C@@H](O)/C=C/C=C/C=C\C=C\[C@@H](O)CCCCC. The summed E-state index contributed by atoms with van der Waals surface area (Å²) >= 11 is 0. The fourth-order valence-corrected chi connectivity index (χ4v) is 6.94. The van der Waals surface area contributed by atoms with Gasteiger partial charge in [0.2, 0.25) is 0 Å². The molecular weight excluding hydrogens is 771 g/mol. The molecule has 0 fully saturated rings. The largest absolute Gasteiger partial charge is 0.469 e. The molecule has 0 aliphatic rings. The summed E-state index contributed by atoms with van der Waals surface area (Å²) in [5.41, 5.74) is 0. The normalized spacial score (nSPS) is 14.5. The fourth-order valence-electron chi connectivity index (χ4n) is 6.58. The molecule has 0 aromatic rings. The van der Waals surface area contributed by atoms with Gasteiger partial charge in [-0.2, -0.15) is 0 Å². The van der Waals surface area contributed by atoms with Crippen molar-refractivity contribution < 1.29 is 53.3 Å². The maximum atomic E-state index is 12.5. The van der Waals surface area contributed by atoms with Crippen molar-refractivity contribution in [1.29, 1.82) is 0 Å². The zero-order valence-electron chi connectivity index (χ0n) is 37.0. The summed E-state index contributed by atoms with van der Waals surface area (Å²) in [5.74, 6) is -1.21. The topological polar surface area (TPSA) is 180 Å². The maximum Gasteiger partial charge on any atom is 0.469 e. The van der Waals surface area contributed by atoms with Gasteiger partial charge in [0.25, 0.3) is 0 Å². The van der Waals surface area contributed by atoms with Crippen LogP contribution in [0.1, 0.15) is 200 Å². The van der Waals surface area contributed by atoms with Gasteiger partial charge in [-0.15, -0.1) is 0 Å². The molecule has 0 spiro atoms. The summed E-state index contributed by atoms with van der Waals surface area (Å²) in [7, 11) is -4.85. The first-order valence-corrected chi connectivity index (χ1v) is 24.8. The van der Waals surface area contributed by atoms with Crippen molar-refractivity contribution in [2.24, 2.45) is 0 Å². The Balaban J connectivity index is 4.12. The zero-order chi connectivity index (χ0) is 43.7. The van der Waals surface area contributed by atoms with E-state index in [-0.39, 0.29) is 25.7 Å². The van der Waals surface area contributed by atoms with E-state index in [0.29, 0.717) is 6.42 Å². The highest BCUT2D eigenvalue weighted by molar-refractivity contribution is 7.46. The number of unbranched alkanes of at least 4 members (excludes halogenated alkanes) is 22. The molecule has 0 saturated carbocycles. The Hall–Kier alpha value is -2.11. The van der Waals surface area contributed by atoms with Crippen LogP contribution in [0.5, 0.6) is 0 Å². The second-order valence-electron chi connectivity index (χ2n) is 16.0. The predicted octanol–water partition coefficient (Wildman–Crippen LogP) is 11.2. The average molecular weight is 857 g/mol. The van der Waals surface area contributed by atoms with E-state index in [9.17, 15) is 29.5 Å². The molecule has 12 heteroatoms. The van der Waals surface area contributed by atoms with Gasteiger partial charge in [0.15, 0.2) is 6.10 Å². The molecule has 0 aliphatic carbocycles. The smallest absolute Gasteiger partial charge is 0.462 e. The summed E-state index contributed by atoms with van der Waals surface area (Å²) in [6.45, 7) is 3.32. The number of allylic oxidation sites excluding steroid dienone is 6. The first-order chi connectivity index (χ1) is 28.5. The van der Waals surface area contributed by atoms with Crippen molar-refractivity contribution in [1.82, 2.24) is 0 Å². The van der Waals surface area contributed by atoms with Crippen LogP contribution in [0.15, 0.2) is 48.6 Å². The monoisotopic (exact) mass is 857 g/mol. The van der Waals surface area contributed by atoms with Gasteiger partial charge in [0.1, 0.15) is 6.61 Å². The zero-order valence-corrected chi connectivity index (χ0v) is 37.9. The van der Waals surface area contributed by atoms with Gasteiger partial charge in [-0.05, 0) is 25.7 Å². The van der Waals surface area contributed by atoms with Crippen LogP contribution in [0.25, 0.3) is 0 Å². The van der Waals surface area contributed by atoms with Gasteiger partial charge in [-0.25, -0.2) is 4.57 Å². The molecule has 0 amide bonds. The van der Waals surface area contributed by atoms with Crippen molar-refractivity contribution in [3.63, 3.8) is 0 Å². The molecule has 4 atom stereocenters. The van der Waals surface area contributed by atoms with Crippen molar-refractivity contribution in [3.05, 3.63) is 48.6 Å². The maximum absolute atomic E-state index is 12.5. The quantitative estimate of drug-likeness (QED) is 0.0171. The minimum absolute atomic E-state index is 0.0910. The van der Waals surface area contributed by atoms with E-state index in [1.807, 2.05) is 0 Å². The third-order valence-corrected chi connectivity index (χ3v) is 10.7. The highest BCUT2D eigenvalue weighted by Crippen LogP contribution is 2.36. The summed E-state index contributed by atoms with van der Waals surface area (Å²) < 4.78 is 26.2. The van der Waals surface area contributed by atoms with E-state index in [1.165, 1.54) is 115 Å². The predicted molar refractivity (Wildman–Crippen MR) is 239 cm³/mol. The molecule has 0 bridgehead atoms. The number of ether oxygens (including phenoxy) is 2. The highest BCUT2D eigenvalue weighted by atomic mass is 31.2. The molecule has 11 nitrogen and oxygen atoms in total. The first-order valence-electron chi connectivity index (χ1n) is 23.3. The Morgan fingerprint density at radius 2 is 0.932 bits per heavy atom. The Bertz CT molecular complexity index is 1150. The van der Waals surface area contributed by atoms with E-state index in [1.54, 1.807) is 42.5 Å². The van der Waals surface area contributed by atoms with Gasteiger partial charge in [0.05, 0.1) is 24.9 Å². The molecule has 0 aliphatic heterocycles. The first kappa shape index (κ1) is 56.9. The van der Waals surface area contributed by atoms with E-state index < -0.39 is 57.4 Å². The van der Waals surface area contributed by atoms with Crippen LogP contribution in [-0.2, 0) is 28.2 Å². The van der Waals surface area contributed by atoms with Crippen LogP contribution in [0.4, 0.5) is 0 Å². The Kier molecular flexibility index (Phi) is 39.8. The number of esters is 2. The number of aliphatic hydroxyl groups is 3. The third kappa shape index (κ3) is 42.4. The van der Waals surface area contributed by atoms with Gasteiger partial charge in [-0.3, -0.25) is 14.1 Å². The van der Waals surface area contributed by atoms with Gasteiger partial charge < -0.3 is 34.6 Å². The number of phosphoric acid groups is 1. The van der Waals surface area contributed by atoms with Crippen molar-refractivity contribution in [3.8, 4) is 0 Å². The molecule has 0 unspecified atom stereocenters. The number of aliphatic hydroxyl groups excluding tert-OH is 3. The van der Waals surface area contributed by atoms with Crippen LogP contribution in [0.3, 0.4) is 0 Å². The standard InChI is InChI=1S/C47H85O11P/c1-3-5-7-8-9-10-11-12-13-14-15-16-17-18-19-20-21-22-23-28-32-38-46(51)56-40-43(41-57-59(53,54)55)58-47(52)39-33-37-45(50)44(49)36-31-27-25-24-26-30-35-42(48)34-29-6-4-2/h24-27,30-31,35-36,42-45,48-50H,3-23,28-29,32-34,37-41H2,1-2H3,(H2,53,54,55)/b26-24-,27-25+,35-30+,36-31+/t42-,43+,44-,45-/m0/s1. The lowest BCUT2D eigenvalue weighted by Gasteiger charge is -2.19. The summed E-state index contributed by atoms with van der Waals surface area (Å²) in [6, 6.07) is 0. The van der Waals surface area contributed by atoms with Gasteiger partial charge >= 0.3 is 19.8 Å². The molecule has 0 rings (SSSR count). The second-order valence-corrected chi connectivity index (χ2v) is 17.2. The lowest BCUT2D eigenvalue weighted by molar-refractivity contribution is -0.161. The van der Waals surface area contributed by atoms with Crippen LogP contribution < -0.4 is 0 Å². The van der Waals surface area contributed by atoms with Gasteiger partial charge in [0, 0.05) is 12.8 Å². The molecule has 0 heterocycles.